The van der Waals surface area contributed by atoms with E-state index < -0.39 is 0 Å². The molecule has 0 spiro atoms. The minimum atomic E-state index is 0.124. The molecule has 0 heterocycles. The maximum Gasteiger partial charge on any atom is 0.230 e. The number of rotatable bonds is 6. The van der Waals surface area contributed by atoms with E-state index in [4.69, 9.17) is 0 Å². The first-order valence-electron chi connectivity index (χ1n) is 5.32. The maximum atomic E-state index is 11.3. The SMILES string of the molecule is CCCNC(=O)CSCc1ccccc1Br. The van der Waals surface area contributed by atoms with Gasteiger partial charge in [0.15, 0.2) is 0 Å². The van der Waals surface area contributed by atoms with E-state index in [1.165, 1.54) is 5.56 Å². The lowest BCUT2D eigenvalue weighted by Gasteiger charge is -2.05. The molecule has 0 saturated carbocycles. The zero-order valence-electron chi connectivity index (χ0n) is 9.33. The molecular weight excluding hydrogens is 286 g/mol. The molecule has 0 unspecified atom stereocenters. The third-order valence-corrected chi connectivity index (χ3v) is 3.78. The lowest BCUT2D eigenvalue weighted by atomic mass is 10.2. The van der Waals surface area contributed by atoms with Crippen LogP contribution in [0.2, 0.25) is 0 Å². The molecule has 1 N–H and O–H groups in total. The van der Waals surface area contributed by atoms with Gasteiger partial charge in [0.1, 0.15) is 0 Å². The average molecular weight is 302 g/mol. The van der Waals surface area contributed by atoms with Crippen molar-refractivity contribution in [1.29, 1.82) is 0 Å². The fourth-order valence-corrected chi connectivity index (χ4v) is 2.66. The van der Waals surface area contributed by atoms with Gasteiger partial charge in [0.05, 0.1) is 5.75 Å². The number of nitrogens with one attached hydrogen (secondary N) is 1. The second-order valence-electron chi connectivity index (χ2n) is 3.43. The van der Waals surface area contributed by atoms with Gasteiger partial charge in [-0.25, -0.2) is 0 Å². The van der Waals surface area contributed by atoms with Crippen molar-refractivity contribution in [2.75, 3.05) is 12.3 Å². The Morgan fingerprint density at radius 1 is 1.44 bits per heavy atom. The van der Waals surface area contributed by atoms with Crippen LogP contribution >= 0.6 is 27.7 Å². The van der Waals surface area contributed by atoms with Gasteiger partial charge in [0.2, 0.25) is 5.91 Å². The van der Waals surface area contributed by atoms with E-state index in [9.17, 15) is 4.79 Å². The molecule has 0 radical (unpaired) electrons. The Kier molecular flexibility index (Phi) is 6.57. The standard InChI is InChI=1S/C12H16BrNOS/c1-2-7-14-12(15)9-16-8-10-5-3-4-6-11(10)13/h3-6H,2,7-9H2,1H3,(H,14,15). The summed E-state index contributed by atoms with van der Waals surface area (Å²) in [4.78, 5) is 11.3. The van der Waals surface area contributed by atoms with E-state index in [1.807, 2.05) is 18.2 Å². The fourth-order valence-electron chi connectivity index (χ4n) is 1.18. The van der Waals surface area contributed by atoms with Crippen molar-refractivity contribution >= 4 is 33.6 Å². The third-order valence-electron chi connectivity index (χ3n) is 2.02. The molecule has 88 valence electrons. The largest absolute Gasteiger partial charge is 0.355 e. The van der Waals surface area contributed by atoms with Gasteiger partial charge in [-0.05, 0) is 18.1 Å². The van der Waals surface area contributed by atoms with Crippen LogP contribution in [0, 0.1) is 0 Å². The number of hydrogen-bond acceptors (Lipinski definition) is 2. The molecule has 0 atom stereocenters. The quantitative estimate of drug-likeness (QED) is 0.874. The van der Waals surface area contributed by atoms with Gasteiger partial charge in [0.25, 0.3) is 0 Å². The highest BCUT2D eigenvalue weighted by Gasteiger charge is 2.02. The molecule has 0 aliphatic carbocycles. The van der Waals surface area contributed by atoms with Crippen LogP contribution in [0.15, 0.2) is 28.7 Å². The Morgan fingerprint density at radius 3 is 2.88 bits per heavy atom. The normalized spacial score (nSPS) is 10.1. The molecular formula is C12H16BrNOS. The van der Waals surface area contributed by atoms with Crippen LogP contribution in [0.5, 0.6) is 0 Å². The Hall–Kier alpha value is -0.480. The summed E-state index contributed by atoms with van der Waals surface area (Å²) < 4.78 is 1.11. The Bertz CT molecular complexity index is 344. The molecule has 1 amide bonds. The van der Waals surface area contributed by atoms with Crippen molar-refractivity contribution in [1.82, 2.24) is 5.32 Å². The van der Waals surface area contributed by atoms with E-state index in [0.29, 0.717) is 5.75 Å². The second kappa shape index (κ2) is 7.74. The predicted molar refractivity (Wildman–Crippen MR) is 73.6 cm³/mol. The Labute approximate surface area is 109 Å². The summed E-state index contributed by atoms with van der Waals surface area (Å²) in [5.74, 6) is 1.52. The molecule has 0 aliphatic rings. The van der Waals surface area contributed by atoms with Crippen LogP contribution in [0.1, 0.15) is 18.9 Å². The molecule has 1 aromatic carbocycles. The molecule has 2 nitrogen and oxygen atoms in total. The third kappa shape index (κ3) is 5.03. The molecule has 4 heteroatoms. The molecule has 0 aliphatic heterocycles. The van der Waals surface area contributed by atoms with Crippen molar-refractivity contribution < 1.29 is 4.79 Å². The van der Waals surface area contributed by atoms with Crippen LogP contribution in [-0.2, 0) is 10.5 Å². The van der Waals surface area contributed by atoms with Gasteiger partial charge < -0.3 is 5.32 Å². The zero-order valence-corrected chi connectivity index (χ0v) is 11.7. The topological polar surface area (TPSA) is 29.1 Å². The van der Waals surface area contributed by atoms with E-state index in [0.717, 1.165) is 23.2 Å². The monoisotopic (exact) mass is 301 g/mol. The van der Waals surface area contributed by atoms with Crippen molar-refractivity contribution in [3.8, 4) is 0 Å². The van der Waals surface area contributed by atoms with Gasteiger partial charge in [-0.1, -0.05) is 41.1 Å². The summed E-state index contributed by atoms with van der Waals surface area (Å²) in [7, 11) is 0. The van der Waals surface area contributed by atoms with Crippen LogP contribution in [0.3, 0.4) is 0 Å². The highest BCUT2D eigenvalue weighted by Crippen LogP contribution is 2.20. The maximum absolute atomic E-state index is 11.3. The number of carbonyl (C=O) groups excluding carboxylic acids is 1. The van der Waals surface area contributed by atoms with Gasteiger partial charge >= 0.3 is 0 Å². The smallest absolute Gasteiger partial charge is 0.230 e. The Morgan fingerprint density at radius 2 is 2.19 bits per heavy atom. The predicted octanol–water partition coefficient (Wildman–Crippen LogP) is 3.21. The summed E-state index contributed by atoms with van der Waals surface area (Å²) in [6.45, 7) is 2.82. The first-order valence-corrected chi connectivity index (χ1v) is 7.26. The van der Waals surface area contributed by atoms with E-state index in [1.54, 1.807) is 11.8 Å². The molecule has 0 saturated heterocycles. The summed E-state index contributed by atoms with van der Waals surface area (Å²) >= 11 is 5.13. The fraction of sp³-hybridized carbons (Fsp3) is 0.417. The van der Waals surface area contributed by atoms with Crippen molar-refractivity contribution in [2.45, 2.75) is 19.1 Å². The van der Waals surface area contributed by atoms with Crippen LogP contribution < -0.4 is 5.32 Å². The minimum Gasteiger partial charge on any atom is -0.355 e. The van der Waals surface area contributed by atoms with E-state index >= 15 is 0 Å². The van der Waals surface area contributed by atoms with E-state index in [-0.39, 0.29) is 5.91 Å². The average Bonchev–Trinajstić information content (AvgIpc) is 2.29. The highest BCUT2D eigenvalue weighted by molar-refractivity contribution is 9.10. The number of thioether (sulfide) groups is 1. The van der Waals surface area contributed by atoms with E-state index in [2.05, 4.69) is 34.2 Å². The number of hydrogen-bond donors (Lipinski definition) is 1. The first-order chi connectivity index (χ1) is 7.74. The molecule has 1 aromatic rings. The molecule has 1 rings (SSSR count). The van der Waals surface area contributed by atoms with Gasteiger partial charge in [-0.15, -0.1) is 11.8 Å². The Balaban J connectivity index is 2.25. The van der Waals surface area contributed by atoms with Crippen molar-refractivity contribution in [2.24, 2.45) is 0 Å². The van der Waals surface area contributed by atoms with Crippen LogP contribution in [0.4, 0.5) is 0 Å². The molecule has 0 fully saturated rings. The van der Waals surface area contributed by atoms with Gasteiger partial charge in [-0.3, -0.25) is 4.79 Å². The summed E-state index contributed by atoms with van der Waals surface area (Å²) in [5, 5.41) is 2.86. The van der Waals surface area contributed by atoms with Crippen LogP contribution in [-0.4, -0.2) is 18.2 Å². The highest BCUT2D eigenvalue weighted by atomic mass is 79.9. The number of amides is 1. The van der Waals surface area contributed by atoms with Gasteiger partial charge in [0, 0.05) is 16.8 Å². The van der Waals surface area contributed by atoms with Crippen molar-refractivity contribution in [3.05, 3.63) is 34.3 Å². The number of benzene rings is 1. The van der Waals surface area contributed by atoms with Crippen molar-refractivity contribution in [3.63, 3.8) is 0 Å². The zero-order chi connectivity index (χ0) is 11.8. The summed E-state index contributed by atoms with van der Waals surface area (Å²) in [6.07, 6.45) is 0.987. The number of halogens is 1. The molecule has 0 aromatic heterocycles. The van der Waals surface area contributed by atoms with Gasteiger partial charge in [-0.2, -0.15) is 0 Å². The molecule has 0 bridgehead atoms. The lowest BCUT2D eigenvalue weighted by molar-refractivity contribution is -0.118. The van der Waals surface area contributed by atoms with Crippen LogP contribution in [0.25, 0.3) is 0 Å². The summed E-state index contributed by atoms with van der Waals surface area (Å²) in [6, 6.07) is 8.10. The molecule has 16 heavy (non-hydrogen) atoms. The number of carbonyl (C=O) groups is 1. The first kappa shape index (κ1) is 13.6. The second-order valence-corrected chi connectivity index (χ2v) is 5.27. The lowest BCUT2D eigenvalue weighted by Crippen LogP contribution is -2.25. The summed E-state index contributed by atoms with van der Waals surface area (Å²) in [5.41, 5.74) is 1.23. The minimum absolute atomic E-state index is 0.124.